The van der Waals surface area contributed by atoms with Crippen molar-refractivity contribution >= 4 is 39.9 Å². The molecular formula is C25H20ClN5O2. The van der Waals surface area contributed by atoms with Gasteiger partial charge in [0.1, 0.15) is 0 Å². The van der Waals surface area contributed by atoms with Crippen LogP contribution in [0.1, 0.15) is 27.3 Å². The molecule has 0 aliphatic rings. The van der Waals surface area contributed by atoms with Gasteiger partial charge >= 0.3 is 0 Å². The average Bonchev–Trinajstić information content (AvgIpc) is 3.24. The van der Waals surface area contributed by atoms with Gasteiger partial charge in [0.2, 0.25) is 11.5 Å². The van der Waals surface area contributed by atoms with Gasteiger partial charge in [-0.3, -0.25) is 14.2 Å². The van der Waals surface area contributed by atoms with Crippen molar-refractivity contribution in [2.45, 2.75) is 20.4 Å². The van der Waals surface area contributed by atoms with Crippen LogP contribution in [0.3, 0.4) is 0 Å². The van der Waals surface area contributed by atoms with Crippen molar-refractivity contribution in [1.29, 1.82) is 0 Å². The van der Waals surface area contributed by atoms with Gasteiger partial charge in [0.15, 0.2) is 0 Å². The molecule has 0 spiro atoms. The molecule has 164 valence electrons. The first-order valence-corrected chi connectivity index (χ1v) is 10.8. The van der Waals surface area contributed by atoms with Gasteiger partial charge in [-0.25, -0.2) is 4.52 Å². The third-order valence-electron chi connectivity index (χ3n) is 5.52. The number of fused-ring (bicyclic) bond motifs is 3. The lowest BCUT2D eigenvalue weighted by atomic mass is 10.2. The number of aromatic nitrogens is 4. The Bertz CT molecular complexity index is 1600. The van der Waals surface area contributed by atoms with Crippen LogP contribution in [0.2, 0.25) is 5.02 Å². The number of para-hydroxylation sites is 1. The molecule has 0 saturated heterocycles. The second kappa shape index (κ2) is 8.18. The minimum atomic E-state index is -0.478. The fourth-order valence-electron chi connectivity index (χ4n) is 3.84. The van der Waals surface area contributed by atoms with Gasteiger partial charge in [-0.05, 0) is 60.9 Å². The van der Waals surface area contributed by atoms with Crippen molar-refractivity contribution < 1.29 is 4.79 Å². The molecule has 0 fully saturated rings. The maximum absolute atomic E-state index is 13.5. The lowest BCUT2D eigenvalue weighted by Gasteiger charge is -2.12. The molecule has 1 N–H and O–H groups in total. The maximum atomic E-state index is 13.5. The SMILES string of the molecule is Cc1ccc2c(c1)n(Cc1cccc(Cl)c1)c(=O)c1nc(C(=O)Nc3ccccc3C)nn12. The molecule has 33 heavy (non-hydrogen) atoms. The number of hydrogen-bond acceptors (Lipinski definition) is 4. The molecule has 2 aromatic heterocycles. The van der Waals surface area contributed by atoms with Crippen molar-refractivity contribution in [1.82, 2.24) is 19.2 Å². The lowest BCUT2D eigenvalue weighted by molar-refractivity contribution is 0.101. The van der Waals surface area contributed by atoms with Crippen molar-refractivity contribution in [2.75, 3.05) is 5.32 Å². The van der Waals surface area contributed by atoms with Crippen LogP contribution in [0.15, 0.2) is 71.5 Å². The van der Waals surface area contributed by atoms with E-state index >= 15 is 0 Å². The van der Waals surface area contributed by atoms with Gasteiger partial charge in [-0.15, -0.1) is 5.10 Å². The Hall–Kier alpha value is -3.97. The zero-order valence-electron chi connectivity index (χ0n) is 18.0. The molecule has 0 unspecified atom stereocenters. The molecule has 0 radical (unpaired) electrons. The summed E-state index contributed by atoms with van der Waals surface area (Å²) in [7, 11) is 0. The third-order valence-corrected chi connectivity index (χ3v) is 5.75. The Morgan fingerprint density at radius 2 is 1.82 bits per heavy atom. The average molecular weight is 458 g/mol. The number of carbonyl (C=O) groups is 1. The molecule has 0 atom stereocenters. The minimum Gasteiger partial charge on any atom is -0.319 e. The number of carbonyl (C=O) groups excluding carboxylic acids is 1. The smallest absolute Gasteiger partial charge is 0.296 e. The summed E-state index contributed by atoms with van der Waals surface area (Å²) in [5.41, 5.74) is 4.59. The monoisotopic (exact) mass is 457 g/mol. The maximum Gasteiger partial charge on any atom is 0.296 e. The predicted molar refractivity (Wildman–Crippen MR) is 129 cm³/mol. The van der Waals surface area contributed by atoms with Crippen molar-refractivity contribution in [2.24, 2.45) is 0 Å². The van der Waals surface area contributed by atoms with Gasteiger partial charge in [-0.2, -0.15) is 4.98 Å². The predicted octanol–water partition coefficient (Wildman–Crippen LogP) is 4.62. The molecular weight excluding hydrogens is 438 g/mol. The molecule has 5 rings (SSSR count). The fourth-order valence-corrected chi connectivity index (χ4v) is 4.05. The zero-order valence-corrected chi connectivity index (χ0v) is 18.8. The Balaban J connectivity index is 1.66. The first-order chi connectivity index (χ1) is 15.9. The van der Waals surface area contributed by atoms with Gasteiger partial charge in [0.25, 0.3) is 11.5 Å². The summed E-state index contributed by atoms with van der Waals surface area (Å²) in [5.74, 6) is -0.549. The number of nitrogens with zero attached hydrogens (tertiary/aromatic N) is 4. The number of hydrogen-bond donors (Lipinski definition) is 1. The first kappa shape index (κ1) is 20.9. The van der Waals surface area contributed by atoms with E-state index in [0.717, 1.165) is 16.7 Å². The molecule has 3 aromatic carbocycles. The summed E-state index contributed by atoms with van der Waals surface area (Å²) in [5, 5.41) is 7.80. The van der Waals surface area contributed by atoms with E-state index in [4.69, 9.17) is 11.6 Å². The topological polar surface area (TPSA) is 81.3 Å². The zero-order chi connectivity index (χ0) is 23.1. The number of rotatable bonds is 4. The summed E-state index contributed by atoms with van der Waals surface area (Å²) in [4.78, 5) is 30.7. The van der Waals surface area contributed by atoms with Crippen LogP contribution in [0.5, 0.6) is 0 Å². The molecule has 7 nitrogen and oxygen atoms in total. The molecule has 8 heteroatoms. The Morgan fingerprint density at radius 1 is 1.00 bits per heavy atom. The molecule has 0 bridgehead atoms. The second-order valence-electron chi connectivity index (χ2n) is 7.95. The van der Waals surface area contributed by atoms with Crippen molar-refractivity contribution in [3.05, 3.63) is 105 Å². The van der Waals surface area contributed by atoms with Crippen LogP contribution < -0.4 is 10.9 Å². The molecule has 0 aliphatic heterocycles. The van der Waals surface area contributed by atoms with Gasteiger partial charge in [0, 0.05) is 10.7 Å². The van der Waals surface area contributed by atoms with E-state index < -0.39 is 5.91 Å². The van der Waals surface area contributed by atoms with E-state index in [-0.39, 0.29) is 17.0 Å². The molecule has 0 saturated carbocycles. The normalized spacial score (nSPS) is 11.2. The number of benzene rings is 3. The first-order valence-electron chi connectivity index (χ1n) is 10.4. The van der Waals surface area contributed by atoms with E-state index in [1.54, 1.807) is 16.7 Å². The van der Waals surface area contributed by atoms with Crippen molar-refractivity contribution in [3.63, 3.8) is 0 Å². The molecule has 1 amide bonds. The molecule has 5 aromatic rings. The highest BCUT2D eigenvalue weighted by molar-refractivity contribution is 6.30. The van der Waals surface area contributed by atoms with Crippen LogP contribution in [0, 0.1) is 13.8 Å². The van der Waals surface area contributed by atoms with Crippen LogP contribution in [-0.4, -0.2) is 25.1 Å². The number of aryl methyl sites for hydroxylation is 2. The van der Waals surface area contributed by atoms with E-state index in [2.05, 4.69) is 15.4 Å². The Morgan fingerprint density at radius 3 is 2.61 bits per heavy atom. The lowest BCUT2D eigenvalue weighted by Crippen LogP contribution is -2.24. The summed E-state index contributed by atoms with van der Waals surface area (Å²) in [6.07, 6.45) is 0. The van der Waals surface area contributed by atoms with Crippen LogP contribution >= 0.6 is 11.6 Å². The van der Waals surface area contributed by atoms with Gasteiger partial charge < -0.3 is 5.32 Å². The third kappa shape index (κ3) is 3.87. The van der Waals surface area contributed by atoms with E-state index in [1.165, 1.54) is 4.52 Å². The fraction of sp³-hybridized carbons (Fsp3) is 0.120. The second-order valence-corrected chi connectivity index (χ2v) is 8.39. The Labute approximate surface area is 194 Å². The van der Waals surface area contributed by atoms with E-state index in [0.29, 0.717) is 28.3 Å². The standard InChI is InChI=1S/C25H20ClN5O2/c1-15-10-11-20-21(12-15)30(14-17-7-5-8-18(26)13-17)25(33)23-28-22(29-31(20)23)24(32)27-19-9-4-3-6-16(19)2/h3-13H,14H2,1-2H3,(H,27,32). The summed E-state index contributed by atoms with van der Waals surface area (Å²) in [6.45, 7) is 4.17. The van der Waals surface area contributed by atoms with Gasteiger partial charge in [-0.1, -0.05) is 48.0 Å². The number of nitrogens with one attached hydrogen (secondary N) is 1. The van der Waals surface area contributed by atoms with Crippen LogP contribution in [0.25, 0.3) is 16.7 Å². The van der Waals surface area contributed by atoms with Crippen LogP contribution in [0.4, 0.5) is 5.69 Å². The number of anilines is 1. The number of halogens is 1. The quantitative estimate of drug-likeness (QED) is 0.427. The Kier molecular flexibility index (Phi) is 5.18. The highest BCUT2D eigenvalue weighted by Crippen LogP contribution is 2.19. The van der Waals surface area contributed by atoms with E-state index in [1.807, 2.05) is 68.4 Å². The largest absolute Gasteiger partial charge is 0.319 e. The molecule has 0 aliphatic carbocycles. The van der Waals surface area contributed by atoms with Crippen LogP contribution in [-0.2, 0) is 6.54 Å². The van der Waals surface area contributed by atoms with Gasteiger partial charge in [0.05, 0.1) is 17.6 Å². The highest BCUT2D eigenvalue weighted by atomic mass is 35.5. The summed E-state index contributed by atoms with van der Waals surface area (Å²) < 4.78 is 3.08. The minimum absolute atomic E-state index is 0.0715. The molecule has 2 heterocycles. The number of amides is 1. The highest BCUT2D eigenvalue weighted by Gasteiger charge is 2.20. The summed E-state index contributed by atoms with van der Waals surface area (Å²) in [6, 6.07) is 20.5. The van der Waals surface area contributed by atoms with E-state index in [9.17, 15) is 9.59 Å². The summed E-state index contributed by atoms with van der Waals surface area (Å²) >= 11 is 6.15. The van der Waals surface area contributed by atoms with Crippen molar-refractivity contribution in [3.8, 4) is 0 Å².